The molecule has 1 fully saturated rings. The summed E-state index contributed by atoms with van der Waals surface area (Å²) in [5.41, 5.74) is 5.28. The van der Waals surface area contributed by atoms with Crippen LogP contribution >= 0.6 is 12.2 Å². The van der Waals surface area contributed by atoms with Gasteiger partial charge in [0.1, 0.15) is 6.61 Å². The quantitative estimate of drug-likeness (QED) is 0.712. The first kappa shape index (κ1) is 13.4. The molecule has 1 rings (SSSR count). The molecule has 3 N–H and O–H groups in total. The Morgan fingerprint density at radius 2 is 2.06 bits per heavy atom. The highest BCUT2D eigenvalue weighted by Gasteiger charge is 2.36. The summed E-state index contributed by atoms with van der Waals surface area (Å²) in [6.45, 7) is 2.48. The Kier molecular flexibility index (Phi) is 5.15. The highest BCUT2D eigenvalue weighted by molar-refractivity contribution is 7.80. The van der Waals surface area contributed by atoms with Crippen molar-refractivity contribution in [3.05, 3.63) is 0 Å². The van der Waals surface area contributed by atoms with Crippen molar-refractivity contribution in [1.29, 1.82) is 0 Å². The second kappa shape index (κ2) is 6.15. The van der Waals surface area contributed by atoms with Crippen molar-refractivity contribution in [1.82, 2.24) is 5.32 Å². The van der Waals surface area contributed by atoms with E-state index < -0.39 is 5.54 Å². The van der Waals surface area contributed by atoms with E-state index in [0.717, 1.165) is 25.7 Å². The van der Waals surface area contributed by atoms with E-state index in [2.05, 4.69) is 5.32 Å². The molecule has 0 aromatic rings. The number of hydrogen-bond donors (Lipinski definition) is 2. The minimum atomic E-state index is -0.470. The van der Waals surface area contributed by atoms with Gasteiger partial charge in [-0.05, 0) is 19.8 Å². The molecule has 0 atom stereocenters. The molecule has 0 saturated heterocycles. The Balaban J connectivity index is 2.56. The second-order valence-corrected chi connectivity index (χ2v) is 4.63. The van der Waals surface area contributed by atoms with Crippen LogP contribution in [0.4, 0.5) is 0 Å². The van der Waals surface area contributed by atoms with E-state index in [1.807, 2.05) is 6.92 Å². The molecule has 0 heterocycles. The monoisotopic (exact) mass is 244 g/mol. The molecule has 5 heteroatoms. The summed E-state index contributed by atoms with van der Waals surface area (Å²) in [6, 6.07) is 0. The fraction of sp³-hybridized carbons (Fsp3) is 0.818. The number of thiocarbonyl (C=S) groups is 1. The van der Waals surface area contributed by atoms with Gasteiger partial charge in [-0.25, -0.2) is 0 Å². The molecule has 1 aliphatic carbocycles. The maximum atomic E-state index is 11.6. The lowest BCUT2D eigenvalue weighted by atomic mass is 9.81. The Bertz CT molecular complexity index is 263. The maximum absolute atomic E-state index is 11.6. The standard InChI is InChI=1S/C11H20N2O2S/c1-2-15-8-9(14)13-11(10(12)16)6-4-3-5-7-11/h2-8H2,1H3,(H2,12,16)(H,13,14). The lowest BCUT2D eigenvalue weighted by molar-refractivity contribution is -0.127. The number of rotatable bonds is 5. The Morgan fingerprint density at radius 1 is 1.44 bits per heavy atom. The predicted molar refractivity (Wildman–Crippen MR) is 67.2 cm³/mol. The van der Waals surface area contributed by atoms with Crippen molar-refractivity contribution < 1.29 is 9.53 Å². The molecule has 0 unspecified atom stereocenters. The molecular weight excluding hydrogens is 224 g/mol. The van der Waals surface area contributed by atoms with Crippen LogP contribution in [0.1, 0.15) is 39.0 Å². The van der Waals surface area contributed by atoms with Crippen molar-refractivity contribution in [2.45, 2.75) is 44.6 Å². The third-order valence-corrected chi connectivity index (χ3v) is 3.39. The van der Waals surface area contributed by atoms with Crippen molar-refractivity contribution in [3.8, 4) is 0 Å². The van der Waals surface area contributed by atoms with Crippen LogP contribution in [0.15, 0.2) is 0 Å². The van der Waals surface area contributed by atoms with Gasteiger partial charge in [-0.1, -0.05) is 31.5 Å². The predicted octanol–water partition coefficient (Wildman–Crippen LogP) is 1.13. The number of carbonyl (C=O) groups excluding carboxylic acids is 1. The first-order valence-electron chi connectivity index (χ1n) is 5.79. The highest BCUT2D eigenvalue weighted by Crippen LogP contribution is 2.28. The number of nitrogens with one attached hydrogen (secondary N) is 1. The average Bonchev–Trinajstić information content (AvgIpc) is 2.27. The molecule has 4 nitrogen and oxygen atoms in total. The summed E-state index contributed by atoms with van der Waals surface area (Å²) in [4.78, 5) is 12.0. The molecule has 0 aromatic heterocycles. The second-order valence-electron chi connectivity index (χ2n) is 4.19. The SMILES string of the molecule is CCOCC(=O)NC1(C(N)=S)CCCCC1. The molecule has 0 aromatic carbocycles. The van der Waals surface area contributed by atoms with E-state index in [1.165, 1.54) is 6.42 Å². The molecule has 1 aliphatic rings. The van der Waals surface area contributed by atoms with E-state index in [0.29, 0.717) is 11.6 Å². The third kappa shape index (κ3) is 3.42. The number of carbonyl (C=O) groups is 1. The van der Waals surface area contributed by atoms with Gasteiger partial charge in [0.05, 0.1) is 10.5 Å². The average molecular weight is 244 g/mol. The zero-order valence-electron chi connectivity index (χ0n) is 9.75. The zero-order chi connectivity index (χ0) is 12.0. The third-order valence-electron chi connectivity index (χ3n) is 2.99. The molecule has 0 spiro atoms. The number of hydrogen-bond acceptors (Lipinski definition) is 3. The van der Waals surface area contributed by atoms with E-state index in [1.54, 1.807) is 0 Å². The minimum absolute atomic E-state index is 0.0842. The van der Waals surface area contributed by atoms with Crippen LogP contribution < -0.4 is 11.1 Å². The van der Waals surface area contributed by atoms with Crippen LogP contribution in [0.5, 0.6) is 0 Å². The van der Waals surface area contributed by atoms with Crippen LogP contribution in [0.3, 0.4) is 0 Å². The fourth-order valence-corrected chi connectivity index (χ4v) is 2.34. The van der Waals surface area contributed by atoms with Crippen LogP contribution in [0.2, 0.25) is 0 Å². The highest BCUT2D eigenvalue weighted by atomic mass is 32.1. The van der Waals surface area contributed by atoms with Crippen LogP contribution in [-0.4, -0.2) is 29.6 Å². The Labute approximate surface area is 102 Å². The molecular formula is C11H20N2O2S. The van der Waals surface area contributed by atoms with Gasteiger partial charge >= 0.3 is 0 Å². The van der Waals surface area contributed by atoms with Gasteiger partial charge in [-0.3, -0.25) is 4.79 Å². The lowest BCUT2D eigenvalue weighted by Crippen LogP contribution is -2.58. The van der Waals surface area contributed by atoms with E-state index in [4.69, 9.17) is 22.7 Å². The summed E-state index contributed by atoms with van der Waals surface area (Å²) in [5, 5.41) is 2.94. The molecule has 0 aliphatic heterocycles. The van der Waals surface area contributed by atoms with E-state index in [9.17, 15) is 4.79 Å². The summed E-state index contributed by atoms with van der Waals surface area (Å²) < 4.78 is 5.07. The van der Waals surface area contributed by atoms with Gasteiger partial charge < -0.3 is 15.8 Å². The van der Waals surface area contributed by atoms with Crippen LogP contribution in [0, 0.1) is 0 Å². The van der Waals surface area contributed by atoms with Crippen molar-refractivity contribution in [2.75, 3.05) is 13.2 Å². The van der Waals surface area contributed by atoms with Crippen LogP contribution in [0.25, 0.3) is 0 Å². The normalized spacial score (nSPS) is 19.1. The molecule has 0 radical (unpaired) electrons. The first-order valence-corrected chi connectivity index (χ1v) is 6.20. The minimum Gasteiger partial charge on any atom is -0.391 e. The summed E-state index contributed by atoms with van der Waals surface area (Å²) in [7, 11) is 0. The molecule has 16 heavy (non-hydrogen) atoms. The Morgan fingerprint density at radius 3 is 2.56 bits per heavy atom. The number of amides is 1. The summed E-state index contributed by atoms with van der Waals surface area (Å²) in [5.74, 6) is -0.128. The molecule has 1 amide bonds. The maximum Gasteiger partial charge on any atom is 0.246 e. The summed E-state index contributed by atoms with van der Waals surface area (Å²) >= 11 is 5.08. The summed E-state index contributed by atoms with van der Waals surface area (Å²) in [6.07, 6.45) is 5.00. The number of ether oxygens (including phenoxy) is 1. The van der Waals surface area contributed by atoms with Gasteiger partial charge in [0.2, 0.25) is 5.91 Å². The van der Waals surface area contributed by atoms with Crippen LogP contribution in [-0.2, 0) is 9.53 Å². The van der Waals surface area contributed by atoms with Crippen molar-refractivity contribution in [3.63, 3.8) is 0 Å². The van der Waals surface area contributed by atoms with Gasteiger partial charge in [-0.15, -0.1) is 0 Å². The first-order chi connectivity index (χ1) is 7.60. The lowest BCUT2D eigenvalue weighted by Gasteiger charge is -2.37. The zero-order valence-corrected chi connectivity index (χ0v) is 10.6. The molecule has 0 bridgehead atoms. The van der Waals surface area contributed by atoms with Gasteiger partial charge in [0.15, 0.2) is 0 Å². The molecule has 1 saturated carbocycles. The van der Waals surface area contributed by atoms with E-state index >= 15 is 0 Å². The van der Waals surface area contributed by atoms with Crippen molar-refractivity contribution >= 4 is 23.1 Å². The van der Waals surface area contributed by atoms with Crippen molar-refractivity contribution in [2.24, 2.45) is 5.73 Å². The fourth-order valence-electron chi connectivity index (χ4n) is 2.09. The number of nitrogens with two attached hydrogens (primary N) is 1. The van der Waals surface area contributed by atoms with Gasteiger partial charge in [0, 0.05) is 6.61 Å². The topological polar surface area (TPSA) is 64.3 Å². The van der Waals surface area contributed by atoms with Gasteiger partial charge in [-0.2, -0.15) is 0 Å². The smallest absolute Gasteiger partial charge is 0.246 e. The molecule has 92 valence electrons. The largest absolute Gasteiger partial charge is 0.391 e. The Hall–Kier alpha value is -0.680. The van der Waals surface area contributed by atoms with Gasteiger partial charge in [0.25, 0.3) is 0 Å². The van der Waals surface area contributed by atoms with E-state index in [-0.39, 0.29) is 12.5 Å².